The van der Waals surface area contributed by atoms with Crippen molar-refractivity contribution in [3.8, 4) is 5.69 Å². The molecular formula is C12H5BrF4N4. The summed E-state index contributed by atoms with van der Waals surface area (Å²) in [7, 11) is 0. The fourth-order valence-corrected chi connectivity index (χ4v) is 2.25. The van der Waals surface area contributed by atoms with Crippen LogP contribution in [0, 0.1) is 23.3 Å². The Balaban J connectivity index is 2.44. The van der Waals surface area contributed by atoms with Crippen LogP contribution in [0.25, 0.3) is 16.9 Å². The van der Waals surface area contributed by atoms with E-state index in [2.05, 4.69) is 25.9 Å². The number of nitrogen functional groups attached to an aromatic ring is 1. The summed E-state index contributed by atoms with van der Waals surface area (Å²) in [6, 6.07) is 1.62. The van der Waals surface area contributed by atoms with Crippen molar-refractivity contribution in [2.24, 2.45) is 0 Å². The second kappa shape index (κ2) is 4.69. The minimum absolute atomic E-state index is 0.0292. The Morgan fingerprint density at radius 3 is 2.29 bits per heavy atom. The minimum atomic E-state index is -1.58. The topological polar surface area (TPSA) is 56.7 Å². The van der Waals surface area contributed by atoms with Crippen LogP contribution in [0.2, 0.25) is 0 Å². The lowest BCUT2D eigenvalue weighted by Gasteiger charge is -2.09. The average molecular weight is 361 g/mol. The van der Waals surface area contributed by atoms with Crippen LogP contribution in [-0.4, -0.2) is 14.5 Å². The normalized spacial score (nSPS) is 11.3. The molecule has 0 radical (unpaired) electrons. The molecule has 0 fully saturated rings. The SMILES string of the molecule is Nc1nc2cc(Br)cnc2n1-c1c(F)c(F)cc(F)c1F. The van der Waals surface area contributed by atoms with Gasteiger partial charge in [0, 0.05) is 16.7 Å². The standard InChI is InChI=1S/C12H5BrF4N4/c13-4-1-7-11(19-3-4)21(12(18)20-7)10-8(16)5(14)2-6(15)9(10)17/h1-3H,(H2,18,20). The first-order valence-electron chi connectivity index (χ1n) is 5.53. The number of nitrogens with two attached hydrogens (primary N) is 1. The molecule has 0 spiro atoms. The first-order chi connectivity index (χ1) is 9.90. The quantitative estimate of drug-likeness (QED) is 0.535. The molecule has 0 unspecified atom stereocenters. The van der Waals surface area contributed by atoms with Gasteiger partial charge in [-0.15, -0.1) is 0 Å². The molecule has 0 aliphatic rings. The third-order valence-corrected chi connectivity index (χ3v) is 3.24. The van der Waals surface area contributed by atoms with Crippen LogP contribution in [0.15, 0.2) is 22.8 Å². The van der Waals surface area contributed by atoms with Crippen LogP contribution >= 0.6 is 15.9 Å². The molecule has 21 heavy (non-hydrogen) atoms. The summed E-state index contributed by atoms with van der Waals surface area (Å²) in [5, 5.41) is 0. The molecule has 108 valence electrons. The van der Waals surface area contributed by atoms with E-state index >= 15 is 0 Å². The average Bonchev–Trinajstić information content (AvgIpc) is 2.73. The van der Waals surface area contributed by atoms with E-state index in [-0.39, 0.29) is 23.2 Å². The smallest absolute Gasteiger partial charge is 0.207 e. The molecule has 3 rings (SSSR count). The van der Waals surface area contributed by atoms with Crippen molar-refractivity contribution in [1.29, 1.82) is 0 Å². The van der Waals surface area contributed by atoms with Gasteiger partial charge in [0.05, 0.1) is 0 Å². The number of rotatable bonds is 1. The van der Waals surface area contributed by atoms with Crippen LogP contribution in [0.4, 0.5) is 23.5 Å². The second-order valence-electron chi connectivity index (χ2n) is 4.12. The summed E-state index contributed by atoms with van der Waals surface area (Å²) >= 11 is 3.15. The fourth-order valence-electron chi connectivity index (χ4n) is 1.94. The Labute approximate surface area is 123 Å². The van der Waals surface area contributed by atoms with E-state index < -0.39 is 29.0 Å². The van der Waals surface area contributed by atoms with Gasteiger partial charge in [0.1, 0.15) is 11.2 Å². The van der Waals surface area contributed by atoms with Crippen molar-refractivity contribution in [2.45, 2.75) is 0 Å². The number of fused-ring (bicyclic) bond motifs is 1. The summed E-state index contributed by atoms with van der Waals surface area (Å²) in [5.74, 6) is -6.59. The van der Waals surface area contributed by atoms with E-state index in [1.807, 2.05) is 0 Å². The molecule has 9 heteroatoms. The predicted molar refractivity (Wildman–Crippen MR) is 70.8 cm³/mol. The molecule has 0 amide bonds. The van der Waals surface area contributed by atoms with Gasteiger partial charge in [0.25, 0.3) is 0 Å². The monoisotopic (exact) mass is 360 g/mol. The molecule has 0 atom stereocenters. The Morgan fingerprint density at radius 1 is 1.05 bits per heavy atom. The van der Waals surface area contributed by atoms with E-state index in [0.717, 1.165) is 4.57 Å². The number of aromatic nitrogens is 3. The largest absolute Gasteiger partial charge is 0.369 e. The summed E-state index contributed by atoms with van der Waals surface area (Å²) in [6.45, 7) is 0. The second-order valence-corrected chi connectivity index (χ2v) is 5.03. The zero-order valence-electron chi connectivity index (χ0n) is 10.0. The van der Waals surface area contributed by atoms with Gasteiger partial charge in [-0.25, -0.2) is 27.5 Å². The van der Waals surface area contributed by atoms with Gasteiger partial charge >= 0.3 is 0 Å². The van der Waals surface area contributed by atoms with Gasteiger partial charge in [-0.2, -0.15) is 0 Å². The molecule has 0 saturated carbocycles. The highest BCUT2D eigenvalue weighted by Crippen LogP contribution is 2.29. The Bertz CT molecular complexity index is 851. The number of benzene rings is 1. The lowest BCUT2D eigenvalue weighted by Crippen LogP contribution is -2.09. The molecule has 0 aliphatic carbocycles. The third-order valence-electron chi connectivity index (χ3n) is 2.80. The van der Waals surface area contributed by atoms with Gasteiger partial charge in [-0.3, -0.25) is 4.57 Å². The maximum absolute atomic E-state index is 13.9. The van der Waals surface area contributed by atoms with Crippen molar-refractivity contribution in [3.05, 3.63) is 46.1 Å². The van der Waals surface area contributed by atoms with Crippen molar-refractivity contribution < 1.29 is 17.6 Å². The van der Waals surface area contributed by atoms with Crippen LogP contribution in [0.3, 0.4) is 0 Å². The maximum atomic E-state index is 13.9. The van der Waals surface area contributed by atoms with Gasteiger partial charge in [0.15, 0.2) is 28.9 Å². The maximum Gasteiger partial charge on any atom is 0.207 e. The highest BCUT2D eigenvalue weighted by molar-refractivity contribution is 9.10. The molecule has 0 bridgehead atoms. The van der Waals surface area contributed by atoms with E-state index in [4.69, 9.17) is 5.73 Å². The van der Waals surface area contributed by atoms with Crippen LogP contribution < -0.4 is 5.73 Å². The number of anilines is 1. The fraction of sp³-hybridized carbons (Fsp3) is 0. The van der Waals surface area contributed by atoms with Crippen LogP contribution in [0.5, 0.6) is 0 Å². The number of halogens is 5. The molecule has 0 saturated heterocycles. The molecule has 4 nitrogen and oxygen atoms in total. The van der Waals surface area contributed by atoms with Crippen molar-refractivity contribution >= 4 is 33.0 Å². The molecule has 1 aromatic carbocycles. The number of hydrogen-bond donors (Lipinski definition) is 1. The number of pyridine rings is 1. The third kappa shape index (κ3) is 2.04. The minimum Gasteiger partial charge on any atom is -0.369 e. The van der Waals surface area contributed by atoms with Gasteiger partial charge < -0.3 is 5.73 Å². The van der Waals surface area contributed by atoms with E-state index in [0.29, 0.717) is 4.47 Å². The van der Waals surface area contributed by atoms with Gasteiger partial charge in [0.2, 0.25) is 5.95 Å². The molecule has 2 N–H and O–H groups in total. The number of nitrogens with zero attached hydrogens (tertiary/aromatic N) is 3. The van der Waals surface area contributed by atoms with Crippen molar-refractivity contribution in [3.63, 3.8) is 0 Å². The highest BCUT2D eigenvalue weighted by Gasteiger charge is 2.24. The molecular weight excluding hydrogens is 356 g/mol. The summed E-state index contributed by atoms with van der Waals surface area (Å²) in [4.78, 5) is 7.78. The Hall–Kier alpha value is -2.16. The molecule has 0 aliphatic heterocycles. The predicted octanol–water partition coefficient (Wildman–Crippen LogP) is 3.32. The Morgan fingerprint density at radius 2 is 1.67 bits per heavy atom. The number of hydrogen-bond acceptors (Lipinski definition) is 3. The van der Waals surface area contributed by atoms with Crippen molar-refractivity contribution in [2.75, 3.05) is 5.73 Å². The molecule has 2 aromatic heterocycles. The van der Waals surface area contributed by atoms with Crippen LogP contribution in [-0.2, 0) is 0 Å². The van der Waals surface area contributed by atoms with E-state index in [1.54, 1.807) is 0 Å². The van der Waals surface area contributed by atoms with Gasteiger partial charge in [-0.1, -0.05) is 0 Å². The van der Waals surface area contributed by atoms with E-state index in [9.17, 15) is 17.6 Å². The van der Waals surface area contributed by atoms with Crippen molar-refractivity contribution in [1.82, 2.24) is 14.5 Å². The first kappa shape index (κ1) is 13.8. The lowest BCUT2D eigenvalue weighted by molar-refractivity contribution is 0.449. The summed E-state index contributed by atoms with van der Waals surface area (Å²) < 4.78 is 55.7. The van der Waals surface area contributed by atoms with Crippen LogP contribution in [0.1, 0.15) is 0 Å². The highest BCUT2D eigenvalue weighted by atomic mass is 79.9. The lowest BCUT2D eigenvalue weighted by atomic mass is 10.2. The summed E-state index contributed by atoms with van der Waals surface area (Å²) in [5.41, 5.74) is 4.78. The zero-order chi connectivity index (χ0) is 15.3. The number of imidazole rings is 1. The molecule has 2 heterocycles. The molecule has 3 aromatic rings. The zero-order valence-corrected chi connectivity index (χ0v) is 11.6. The van der Waals surface area contributed by atoms with E-state index in [1.165, 1.54) is 12.3 Å². The van der Waals surface area contributed by atoms with Gasteiger partial charge in [-0.05, 0) is 22.0 Å². The summed E-state index contributed by atoms with van der Waals surface area (Å²) in [6.07, 6.45) is 1.34. The Kier molecular flexibility index (Phi) is 3.08. The first-order valence-corrected chi connectivity index (χ1v) is 6.32.